The lowest BCUT2D eigenvalue weighted by Crippen LogP contribution is -2.05. The number of benzene rings is 3. The van der Waals surface area contributed by atoms with Crippen molar-refractivity contribution in [3.63, 3.8) is 0 Å². The van der Waals surface area contributed by atoms with Gasteiger partial charge in [-0.3, -0.25) is 4.57 Å². The van der Waals surface area contributed by atoms with E-state index in [1.807, 2.05) is 30.3 Å². The van der Waals surface area contributed by atoms with Crippen LogP contribution < -0.4 is 4.74 Å². The predicted octanol–water partition coefficient (Wildman–Crippen LogP) is 7.97. The Morgan fingerprint density at radius 2 is 1.68 bits per heavy atom. The first-order valence-electron chi connectivity index (χ1n) is 14.0. The molecular weight excluding hydrogens is 458 g/mol. The van der Waals surface area contributed by atoms with Crippen LogP contribution in [0.15, 0.2) is 72.8 Å². The van der Waals surface area contributed by atoms with Crippen molar-refractivity contribution in [2.24, 2.45) is 0 Å². The maximum Gasteiger partial charge on any atom is 0.220 e. The largest absolute Gasteiger partial charge is 0.506 e. The average molecular weight is 491 g/mol. The van der Waals surface area contributed by atoms with Gasteiger partial charge in [0.05, 0.1) is 11.0 Å². The second-order valence-electron chi connectivity index (χ2n) is 9.23. The zero-order valence-corrected chi connectivity index (χ0v) is 21.0. The highest BCUT2D eigenvalue weighted by atomic mass is 16.5. The number of aryl methyl sites for hydroxylation is 3. The number of hydrogen-bond donors (Lipinski definition) is 1. The minimum absolute atomic E-state index is 0.0710. The van der Waals surface area contributed by atoms with Crippen molar-refractivity contribution in [2.45, 2.75) is 40.5 Å². The molecule has 0 spiro atoms. The summed E-state index contributed by atoms with van der Waals surface area (Å²) < 4.78 is 32.4. The minimum atomic E-state index is -2.41. The molecule has 3 aromatic heterocycles. The molecule has 0 unspecified atom stereocenters. The summed E-state index contributed by atoms with van der Waals surface area (Å²) >= 11 is 0. The molecule has 0 aliphatic carbocycles. The van der Waals surface area contributed by atoms with Gasteiger partial charge < -0.3 is 9.84 Å². The van der Waals surface area contributed by atoms with Crippen LogP contribution in [0.25, 0.3) is 38.5 Å². The van der Waals surface area contributed by atoms with Crippen LogP contribution in [0.3, 0.4) is 0 Å². The van der Waals surface area contributed by atoms with Crippen LogP contribution in [0.5, 0.6) is 17.4 Å². The molecule has 0 aliphatic rings. The van der Waals surface area contributed by atoms with E-state index < -0.39 is 6.85 Å². The second kappa shape index (κ2) is 8.93. The molecule has 0 bridgehead atoms. The summed E-state index contributed by atoms with van der Waals surface area (Å²) in [6.07, 6.45) is 1.75. The first-order chi connectivity index (χ1) is 19.2. The number of phenolic OH excluding ortho intramolecular Hbond substituents is 1. The van der Waals surface area contributed by atoms with Gasteiger partial charge in [0.25, 0.3) is 0 Å². The van der Waals surface area contributed by atoms with Crippen molar-refractivity contribution in [1.82, 2.24) is 14.5 Å². The van der Waals surface area contributed by atoms with Gasteiger partial charge in [0.1, 0.15) is 22.8 Å². The fraction of sp³-hybridized carbons (Fsp3) is 0.188. The Labute approximate surface area is 220 Å². The summed E-state index contributed by atoms with van der Waals surface area (Å²) in [5.41, 5.74) is 5.77. The molecule has 184 valence electrons. The molecule has 5 heteroatoms. The summed E-state index contributed by atoms with van der Waals surface area (Å²) in [7, 11) is 0. The molecule has 6 aromatic rings. The maximum absolute atomic E-state index is 10.4. The summed E-state index contributed by atoms with van der Waals surface area (Å²) in [5.74, 6) is 1.33. The van der Waals surface area contributed by atoms with Gasteiger partial charge in [-0.2, -0.15) is 0 Å². The van der Waals surface area contributed by atoms with Crippen LogP contribution in [0.4, 0.5) is 0 Å². The molecule has 1 N–H and O–H groups in total. The molecule has 0 aliphatic heterocycles. The first-order valence-corrected chi connectivity index (χ1v) is 12.5. The molecule has 3 aromatic carbocycles. The first kappa shape index (κ1) is 19.8. The monoisotopic (exact) mass is 490 g/mol. The van der Waals surface area contributed by atoms with E-state index in [0.717, 1.165) is 46.2 Å². The Balaban J connectivity index is 1.55. The van der Waals surface area contributed by atoms with Crippen LogP contribution >= 0.6 is 0 Å². The molecule has 37 heavy (non-hydrogen) atoms. The van der Waals surface area contributed by atoms with Gasteiger partial charge in [-0.1, -0.05) is 44.2 Å². The van der Waals surface area contributed by atoms with Crippen molar-refractivity contribution in [2.75, 3.05) is 0 Å². The third-order valence-electron chi connectivity index (χ3n) is 7.07. The highest BCUT2D eigenvalue weighted by molar-refractivity contribution is 6.09. The summed E-state index contributed by atoms with van der Waals surface area (Å²) in [6.45, 7) is 4.01. The van der Waals surface area contributed by atoms with Gasteiger partial charge in [0.15, 0.2) is 0 Å². The number of ether oxygens (including phenoxy) is 1. The fourth-order valence-electron chi connectivity index (χ4n) is 5.17. The van der Waals surface area contributed by atoms with E-state index in [2.05, 4.69) is 48.5 Å². The number of fused-ring (bicyclic) bond motifs is 4. The number of pyridine rings is 2. The molecule has 0 saturated carbocycles. The Kier molecular flexibility index (Phi) is 4.77. The predicted molar refractivity (Wildman–Crippen MR) is 150 cm³/mol. The lowest BCUT2D eigenvalue weighted by atomic mass is 10.0. The molecule has 0 radical (unpaired) electrons. The molecule has 0 fully saturated rings. The van der Waals surface area contributed by atoms with Crippen molar-refractivity contribution in [3.8, 4) is 23.2 Å². The standard InChI is InChI=1S/C32H29N3O2/c1-5-21-17-30(33-26(6-2)20(21)4)35-27-12-8-7-10-24(27)25-15-14-22(18-28(25)35)37-31-16-19(3)23-11-9-13-29(36)32(23)34-31/h7-18,36H,5-6H2,1-4H3/i3D3. The highest BCUT2D eigenvalue weighted by Crippen LogP contribution is 2.36. The number of aromatic nitrogens is 3. The van der Waals surface area contributed by atoms with Gasteiger partial charge >= 0.3 is 0 Å². The molecule has 0 atom stereocenters. The normalized spacial score (nSPS) is 13.1. The van der Waals surface area contributed by atoms with Crippen LogP contribution in [0.2, 0.25) is 0 Å². The number of para-hydroxylation sites is 2. The highest BCUT2D eigenvalue weighted by Gasteiger charge is 2.17. The van der Waals surface area contributed by atoms with Crippen molar-refractivity contribution < 1.29 is 14.0 Å². The van der Waals surface area contributed by atoms with Crippen molar-refractivity contribution in [3.05, 3.63) is 95.2 Å². The Bertz CT molecular complexity index is 1900. The number of hydrogen-bond acceptors (Lipinski definition) is 4. The Hall–Kier alpha value is -4.38. The third-order valence-corrected chi connectivity index (χ3v) is 7.07. The Morgan fingerprint density at radius 1 is 0.865 bits per heavy atom. The lowest BCUT2D eigenvalue weighted by molar-refractivity contribution is 0.460. The second-order valence-corrected chi connectivity index (χ2v) is 9.23. The fourth-order valence-corrected chi connectivity index (χ4v) is 5.17. The van der Waals surface area contributed by atoms with Crippen LogP contribution in [0, 0.1) is 13.8 Å². The molecule has 0 saturated heterocycles. The molecule has 3 heterocycles. The number of rotatable bonds is 5. The molecule has 6 rings (SSSR count). The number of aromatic hydroxyl groups is 1. The minimum Gasteiger partial charge on any atom is -0.506 e. The van der Waals surface area contributed by atoms with E-state index in [1.54, 1.807) is 12.1 Å². The van der Waals surface area contributed by atoms with Crippen LogP contribution in [-0.4, -0.2) is 19.6 Å². The molecule has 5 nitrogen and oxygen atoms in total. The maximum atomic E-state index is 10.4. The van der Waals surface area contributed by atoms with Gasteiger partial charge in [-0.25, -0.2) is 9.97 Å². The van der Waals surface area contributed by atoms with Gasteiger partial charge in [0, 0.05) is 38.1 Å². The van der Waals surface area contributed by atoms with E-state index in [0.29, 0.717) is 11.1 Å². The van der Waals surface area contributed by atoms with Gasteiger partial charge in [-0.15, -0.1) is 0 Å². The van der Waals surface area contributed by atoms with Gasteiger partial charge in [0.2, 0.25) is 5.88 Å². The third kappa shape index (κ3) is 3.78. The van der Waals surface area contributed by atoms with Gasteiger partial charge in [-0.05, 0) is 73.6 Å². The zero-order chi connectivity index (χ0) is 28.2. The van der Waals surface area contributed by atoms with E-state index in [-0.39, 0.29) is 22.7 Å². The van der Waals surface area contributed by atoms with Crippen molar-refractivity contribution >= 4 is 32.7 Å². The molecular formula is C32H29N3O2. The van der Waals surface area contributed by atoms with E-state index in [9.17, 15) is 5.11 Å². The SMILES string of the molecule is [2H]C([2H])([2H])c1cc(Oc2ccc3c4ccccc4n(-c4cc(CC)c(C)c(CC)n4)c3c2)nc2c(O)cccc12. The van der Waals surface area contributed by atoms with E-state index in [1.165, 1.54) is 23.3 Å². The summed E-state index contributed by atoms with van der Waals surface area (Å²) in [5, 5.41) is 12.9. The van der Waals surface area contributed by atoms with Crippen LogP contribution in [0.1, 0.15) is 40.3 Å². The smallest absolute Gasteiger partial charge is 0.220 e. The zero-order valence-electron chi connectivity index (χ0n) is 24.0. The number of nitrogens with zero attached hydrogens (tertiary/aromatic N) is 3. The topological polar surface area (TPSA) is 60.2 Å². The average Bonchev–Trinajstić information content (AvgIpc) is 3.26. The van der Waals surface area contributed by atoms with Crippen LogP contribution in [-0.2, 0) is 12.8 Å². The lowest BCUT2D eigenvalue weighted by Gasteiger charge is -2.14. The van der Waals surface area contributed by atoms with E-state index in [4.69, 9.17) is 13.8 Å². The molecule has 0 amide bonds. The van der Waals surface area contributed by atoms with E-state index >= 15 is 0 Å². The summed E-state index contributed by atoms with van der Waals surface area (Å²) in [4.78, 5) is 9.52. The number of phenols is 1. The Morgan fingerprint density at radius 3 is 2.49 bits per heavy atom. The summed E-state index contributed by atoms with van der Waals surface area (Å²) in [6, 6.07) is 22.3. The quantitative estimate of drug-likeness (QED) is 0.266. The van der Waals surface area contributed by atoms with Crippen molar-refractivity contribution in [1.29, 1.82) is 0 Å².